The number of rotatable bonds is 3. The lowest BCUT2D eigenvalue weighted by molar-refractivity contribution is -0.129. The Labute approximate surface area is 105 Å². The first-order chi connectivity index (χ1) is 8.58. The quantitative estimate of drug-likeness (QED) is 0.815. The van der Waals surface area contributed by atoms with Crippen molar-refractivity contribution in [3.8, 4) is 0 Å². The van der Waals surface area contributed by atoms with Crippen LogP contribution in [0.1, 0.15) is 22.3 Å². The zero-order chi connectivity index (χ0) is 13.1. The summed E-state index contributed by atoms with van der Waals surface area (Å²) in [6.07, 6.45) is 0.932. The van der Waals surface area contributed by atoms with Gasteiger partial charge in [0.1, 0.15) is 0 Å². The van der Waals surface area contributed by atoms with Gasteiger partial charge in [-0.15, -0.1) is 0 Å². The smallest absolute Gasteiger partial charge is 0.335 e. The van der Waals surface area contributed by atoms with Crippen molar-refractivity contribution in [3.05, 3.63) is 35.4 Å². The van der Waals surface area contributed by atoms with Crippen LogP contribution >= 0.6 is 0 Å². The molecule has 1 atom stereocenters. The highest BCUT2D eigenvalue weighted by atomic mass is 16.4. The number of nitrogens with zero attached hydrogens (tertiary/aromatic N) is 1. The van der Waals surface area contributed by atoms with Crippen molar-refractivity contribution in [1.82, 2.24) is 4.90 Å². The number of benzene rings is 1. The van der Waals surface area contributed by atoms with Gasteiger partial charge in [-0.2, -0.15) is 0 Å². The summed E-state index contributed by atoms with van der Waals surface area (Å²) in [6, 6.07) is 6.63. The number of carbonyl (C=O) groups excluding carboxylic acids is 1. The third kappa shape index (κ3) is 2.68. The van der Waals surface area contributed by atoms with E-state index in [4.69, 9.17) is 10.8 Å². The highest BCUT2D eigenvalue weighted by molar-refractivity contribution is 5.91. The Morgan fingerprint density at radius 1 is 1.39 bits per heavy atom. The number of hydrogen-bond acceptors (Lipinski definition) is 3. The second-order valence-corrected chi connectivity index (χ2v) is 4.53. The summed E-state index contributed by atoms with van der Waals surface area (Å²) in [5.74, 6) is -1.06. The molecule has 0 spiro atoms. The van der Waals surface area contributed by atoms with Gasteiger partial charge in [0.05, 0.1) is 12.0 Å². The van der Waals surface area contributed by atoms with E-state index in [9.17, 15) is 9.59 Å². The molecule has 1 unspecified atom stereocenters. The predicted octanol–water partition coefficient (Wildman–Crippen LogP) is 0.487. The highest BCUT2D eigenvalue weighted by Crippen LogP contribution is 2.13. The molecule has 0 aromatic heterocycles. The van der Waals surface area contributed by atoms with Gasteiger partial charge < -0.3 is 15.7 Å². The standard InChI is InChI=1S/C13H16N2O3/c14-10-5-6-15(8-10)12(16)7-9-3-1-2-4-11(9)13(17)18/h1-4,10H,5-8,14H2,(H,17,18). The Kier molecular flexibility index (Phi) is 3.62. The molecule has 1 aliphatic rings. The molecule has 5 nitrogen and oxygen atoms in total. The van der Waals surface area contributed by atoms with Crippen molar-refractivity contribution >= 4 is 11.9 Å². The molecule has 1 heterocycles. The lowest BCUT2D eigenvalue weighted by atomic mass is 10.0. The number of nitrogens with two attached hydrogens (primary N) is 1. The van der Waals surface area contributed by atoms with Gasteiger partial charge >= 0.3 is 5.97 Å². The molecule has 1 amide bonds. The fraction of sp³-hybridized carbons (Fsp3) is 0.385. The second-order valence-electron chi connectivity index (χ2n) is 4.53. The lowest BCUT2D eigenvalue weighted by Crippen LogP contribution is -2.33. The summed E-state index contributed by atoms with van der Waals surface area (Å²) in [4.78, 5) is 24.7. The molecular weight excluding hydrogens is 232 g/mol. The topological polar surface area (TPSA) is 83.6 Å². The van der Waals surface area contributed by atoms with Crippen LogP contribution in [-0.4, -0.2) is 41.0 Å². The number of aromatic carboxylic acids is 1. The maximum Gasteiger partial charge on any atom is 0.335 e. The van der Waals surface area contributed by atoms with E-state index in [-0.39, 0.29) is 23.9 Å². The average Bonchev–Trinajstić information content (AvgIpc) is 2.76. The number of amides is 1. The number of carboxylic acid groups (broad SMARTS) is 1. The minimum absolute atomic E-state index is 0.0451. The minimum atomic E-state index is -1.00. The van der Waals surface area contributed by atoms with Crippen LogP contribution in [0.25, 0.3) is 0 Å². The van der Waals surface area contributed by atoms with Crippen LogP contribution in [0.3, 0.4) is 0 Å². The Morgan fingerprint density at radius 3 is 2.72 bits per heavy atom. The average molecular weight is 248 g/mol. The largest absolute Gasteiger partial charge is 0.478 e. The molecule has 5 heteroatoms. The zero-order valence-corrected chi connectivity index (χ0v) is 10.0. The van der Waals surface area contributed by atoms with E-state index in [1.807, 2.05) is 0 Å². The third-order valence-electron chi connectivity index (χ3n) is 3.17. The number of carboxylic acids is 1. The van der Waals surface area contributed by atoms with Crippen LogP contribution in [0, 0.1) is 0 Å². The summed E-state index contributed by atoms with van der Waals surface area (Å²) in [5, 5.41) is 9.04. The molecule has 1 aromatic rings. The predicted molar refractivity (Wildman–Crippen MR) is 66.3 cm³/mol. The first kappa shape index (κ1) is 12.6. The zero-order valence-electron chi connectivity index (χ0n) is 10.0. The summed E-state index contributed by atoms with van der Waals surface area (Å²) in [6.45, 7) is 1.23. The van der Waals surface area contributed by atoms with Crippen LogP contribution in [0.15, 0.2) is 24.3 Å². The molecule has 3 N–H and O–H groups in total. The summed E-state index contributed by atoms with van der Waals surface area (Å²) in [5.41, 5.74) is 6.49. The van der Waals surface area contributed by atoms with Gasteiger partial charge in [0.2, 0.25) is 5.91 Å². The Morgan fingerprint density at radius 2 is 2.11 bits per heavy atom. The molecule has 1 aliphatic heterocycles. The molecule has 1 aromatic carbocycles. The van der Waals surface area contributed by atoms with Crippen LogP contribution < -0.4 is 5.73 Å². The molecule has 2 rings (SSSR count). The first-order valence-electron chi connectivity index (χ1n) is 5.92. The number of carbonyl (C=O) groups is 2. The Hall–Kier alpha value is -1.88. The van der Waals surface area contributed by atoms with E-state index in [0.29, 0.717) is 18.7 Å². The van der Waals surface area contributed by atoms with Crippen LogP contribution in [-0.2, 0) is 11.2 Å². The van der Waals surface area contributed by atoms with Crippen LogP contribution in [0.4, 0.5) is 0 Å². The monoisotopic (exact) mass is 248 g/mol. The van der Waals surface area contributed by atoms with E-state index < -0.39 is 5.97 Å². The molecular formula is C13H16N2O3. The summed E-state index contributed by atoms with van der Waals surface area (Å²) in [7, 11) is 0. The van der Waals surface area contributed by atoms with Gasteiger partial charge in [0.25, 0.3) is 0 Å². The van der Waals surface area contributed by atoms with E-state index in [0.717, 1.165) is 6.42 Å². The molecule has 0 saturated carbocycles. The van der Waals surface area contributed by atoms with Gasteiger partial charge in [-0.1, -0.05) is 18.2 Å². The Balaban J connectivity index is 2.09. The van der Waals surface area contributed by atoms with E-state index in [2.05, 4.69) is 0 Å². The van der Waals surface area contributed by atoms with Crippen molar-refractivity contribution < 1.29 is 14.7 Å². The first-order valence-corrected chi connectivity index (χ1v) is 5.92. The number of likely N-dealkylation sites (tertiary alicyclic amines) is 1. The lowest BCUT2D eigenvalue weighted by Gasteiger charge is -2.16. The molecule has 0 radical (unpaired) electrons. The minimum Gasteiger partial charge on any atom is -0.478 e. The van der Waals surface area contributed by atoms with Crippen molar-refractivity contribution in [2.24, 2.45) is 5.73 Å². The second kappa shape index (κ2) is 5.18. The maximum absolute atomic E-state index is 12.0. The van der Waals surface area contributed by atoms with Gasteiger partial charge in [-0.05, 0) is 18.1 Å². The van der Waals surface area contributed by atoms with Gasteiger partial charge in [-0.3, -0.25) is 4.79 Å². The molecule has 18 heavy (non-hydrogen) atoms. The van der Waals surface area contributed by atoms with Crippen LogP contribution in [0.2, 0.25) is 0 Å². The van der Waals surface area contributed by atoms with Crippen molar-refractivity contribution in [1.29, 1.82) is 0 Å². The van der Waals surface area contributed by atoms with Gasteiger partial charge in [-0.25, -0.2) is 4.79 Å². The summed E-state index contributed by atoms with van der Waals surface area (Å²) < 4.78 is 0. The fourth-order valence-corrected chi connectivity index (χ4v) is 2.17. The van der Waals surface area contributed by atoms with Crippen molar-refractivity contribution in [2.45, 2.75) is 18.9 Å². The molecule has 96 valence electrons. The van der Waals surface area contributed by atoms with Crippen molar-refractivity contribution in [2.75, 3.05) is 13.1 Å². The van der Waals surface area contributed by atoms with E-state index >= 15 is 0 Å². The molecule has 0 aliphatic carbocycles. The van der Waals surface area contributed by atoms with Crippen LogP contribution in [0.5, 0.6) is 0 Å². The van der Waals surface area contributed by atoms with Crippen molar-refractivity contribution in [3.63, 3.8) is 0 Å². The molecule has 0 bridgehead atoms. The van der Waals surface area contributed by atoms with E-state index in [1.165, 1.54) is 6.07 Å². The SMILES string of the molecule is NC1CCN(C(=O)Cc2ccccc2C(=O)O)C1. The fourth-order valence-electron chi connectivity index (χ4n) is 2.17. The van der Waals surface area contributed by atoms with Gasteiger partial charge in [0.15, 0.2) is 0 Å². The van der Waals surface area contributed by atoms with Gasteiger partial charge in [0, 0.05) is 19.1 Å². The third-order valence-corrected chi connectivity index (χ3v) is 3.17. The maximum atomic E-state index is 12.0. The molecule has 1 saturated heterocycles. The number of hydrogen-bond donors (Lipinski definition) is 2. The van der Waals surface area contributed by atoms with E-state index in [1.54, 1.807) is 23.1 Å². The normalized spacial score (nSPS) is 18.9. The summed E-state index contributed by atoms with van der Waals surface area (Å²) >= 11 is 0. The molecule has 1 fully saturated rings. The highest BCUT2D eigenvalue weighted by Gasteiger charge is 2.24. The Bertz CT molecular complexity index is 473.